The first-order valence-corrected chi connectivity index (χ1v) is 11.1. The Morgan fingerprint density at radius 1 is 1.30 bits per heavy atom. The van der Waals surface area contributed by atoms with E-state index in [1.807, 2.05) is 6.92 Å². The van der Waals surface area contributed by atoms with Crippen LogP contribution < -0.4 is 15.8 Å². The number of amides is 2. The van der Waals surface area contributed by atoms with Crippen LogP contribution in [-0.2, 0) is 4.79 Å². The Balaban J connectivity index is 1.83. The van der Waals surface area contributed by atoms with Crippen molar-refractivity contribution in [3.8, 4) is 17.0 Å². The molecule has 1 saturated heterocycles. The predicted octanol–water partition coefficient (Wildman–Crippen LogP) is 3.12. The summed E-state index contributed by atoms with van der Waals surface area (Å²) < 4.78 is 45.5. The lowest BCUT2D eigenvalue weighted by Gasteiger charge is -2.38. The largest absolute Gasteiger partial charge is 0.435 e. The van der Waals surface area contributed by atoms with Crippen LogP contribution in [0.25, 0.3) is 22.3 Å². The van der Waals surface area contributed by atoms with E-state index in [1.54, 1.807) is 11.8 Å². The number of fused-ring (bicyclic) bond motifs is 1. The number of thioether (sulfide) groups is 1. The van der Waals surface area contributed by atoms with E-state index in [0.29, 0.717) is 0 Å². The number of alkyl halides is 2. The van der Waals surface area contributed by atoms with Crippen LogP contribution in [0.3, 0.4) is 0 Å². The highest BCUT2D eigenvalue weighted by Gasteiger charge is 2.34. The smallest absolute Gasteiger partial charge is 0.387 e. The Kier molecular flexibility index (Phi) is 5.95. The lowest BCUT2D eigenvalue weighted by atomic mass is 10.1. The minimum absolute atomic E-state index is 0.00960. The van der Waals surface area contributed by atoms with Crippen molar-refractivity contribution in [2.24, 2.45) is 5.73 Å². The summed E-state index contributed by atoms with van der Waals surface area (Å²) in [6.07, 6.45) is 1.31. The van der Waals surface area contributed by atoms with Crippen molar-refractivity contribution >= 4 is 34.6 Å². The van der Waals surface area contributed by atoms with Crippen molar-refractivity contribution in [2.75, 3.05) is 11.5 Å². The Bertz CT molecular complexity index is 1250. The molecule has 3 heterocycles. The quantitative estimate of drug-likeness (QED) is 0.539. The van der Waals surface area contributed by atoms with Gasteiger partial charge in [-0.1, -0.05) is 0 Å². The summed E-state index contributed by atoms with van der Waals surface area (Å²) in [5, 5.41) is 7.25. The van der Waals surface area contributed by atoms with Crippen molar-refractivity contribution in [1.29, 1.82) is 0 Å². The minimum Gasteiger partial charge on any atom is -0.435 e. The fourth-order valence-corrected chi connectivity index (χ4v) is 4.39. The number of benzene rings is 1. The second-order valence-electron chi connectivity index (χ2n) is 7.99. The normalized spacial score (nSPS) is 15.8. The number of hydrogen-bond donors (Lipinski definition) is 2. The Labute approximate surface area is 190 Å². The van der Waals surface area contributed by atoms with Crippen molar-refractivity contribution < 1.29 is 27.5 Å². The number of pyridine rings is 1. The molecule has 2 aromatic heterocycles. The van der Waals surface area contributed by atoms with Crippen LogP contribution in [0.15, 0.2) is 30.5 Å². The van der Waals surface area contributed by atoms with Gasteiger partial charge in [0.25, 0.3) is 5.91 Å². The highest BCUT2D eigenvalue weighted by molar-refractivity contribution is 8.00. The molecule has 174 valence electrons. The van der Waals surface area contributed by atoms with Gasteiger partial charge in [-0.05, 0) is 38.1 Å². The molecule has 12 heteroatoms. The van der Waals surface area contributed by atoms with Gasteiger partial charge >= 0.3 is 6.61 Å². The molecule has 0 radical (unpaired) electrons. The zero-order valence-electron chi connectivity index (χ0n) is 17.6. The fourth-order valence-electron chi connectivity index (χ4n) is 3.43. The summed E-state index contributed by atoms with van der Waals surface area (Å²) >= 11 is 1.71. The summed E-state index contributed by atoms with van der Waals surface area (Å²) in [5.74, 6) is -0.526. The standard InChI is InChI=1S/C21H20F3N5O3S/c1-10(18(25)30)29-15-5-11(19(31)27-21(2)8-33-9-21)7-26-17(15)16(28-29)13-6-12(32-20(23)24)3-4-14(13)22/h3-7,10,20H,8-9H2,1-2H3,(H2,25,30)(H,27,31). The molecule has 2 amide bonds. The molecule has 33 heavy (non-hydrogen) atoms. The van der Waals surface area contributed by atoms with Gasteiger partial charge in [-0.25, -0.2) is 4.39 Å². The van der Waals surface area contributed by atoms with Crippen LogP contribution in [0.2, 0.25) is 0 Å². The summed E-state index contributed by atoms with van der Waals surface area (Å²) in [6, 6.07) is 3.63. The number of hydrogen-bond acceptors (Lipinski definition) is 6. The van der Waals surface area contributed by atoms with Gasteiger partial charge in [-0.3, -0.25) is 19.3 Å². The number of nitrogens with two attached hydrogens (primary N) is 1. The van der Waals surface area contributed by atoms with E-state index in [9.17, 15) is 22.8 Å². The summed E-state index contributed by atoms with van der Waals surface area (Å²) in [4.78, 5) is 28.9. The first-order chi connectivity index (χ1) is 15.6. The maximum absolute atomic E-state index is 14.7. The summed E-state index contributed by atoms with van der Waals surface area (Å²) in [7, 11) is 0. The number of carbonyl (C=O) groups excluding carboxylic acids is 2. The molecule has 1 atom stereocenters. The van der Waals surface area contributed by atoms with Crippen LogP contribution in [0.5, 0.6) is 5.75 Å². The Morgan fingerprint density at radius 2 is 2.03 bits per heavy atom. The summed E-state index contributed by atoms with van der Waals surface area (Å²) in [5.41, 5.74) is 5.60. The molecule has 4 rings (SSSR count). The first-order valence-electron chi connectivity index (χ1n) is 9.90. The zero-order chi connectivity index (χ0) is 23.9. The molecule has 1 aliphatic heterocycles. The fraction of sp³-hybridized carbons (Fsp3) is 0.333. The van der Waals surface area contributed by atoms with Gasteiger partial charge < -0.3 is 15.8 Å². The second-order valence-corrected chi connectivity index (χ2v) is 8.98. The highest BCUT2D eigenvalue weighted by Crippen LogP contribution is 2.34. The van der Waals surface area contributed by atoms with Gasteiger partial charge in [0.05, 0.1) is 16.6 Å². The maximum Gasteiger partial charge on any atom is 0.387 e. The first kappa shape index (κ1) is 22.9. The monoisotopic (exact) mass is 479 g/mol. The van der Waals surface area contributed by atoms with E-state index in [2.05, 4.69) is 20.1 Å². The van der Waals surface area contributed by atoms with E-state index in [-0.39, 0.29) is 45.0 Å². The lowest BCUT2D eigenvalue weighted by Crippen LogP contribution is -2.55. The molecule has 3 N–H and O–H groups in total. The number of rotatable bonds is 7. The van der Waals surface area contributed by atoms with Crippen LogP contribution in [0.4, 0.5) is 13.2 Å². The van der Waals surface area contributed by atoms with Gasteiger partial charge in [0, 0.05) is 23.3 Å². The molecule has 0 aliphatic carbocycles. The van der Waals surface area contributed by atoms with E-state index in [0.717, 1.165) is 29.7 Å². The van der Waals surface area contributed by atoms with Crippen molar-refractivity contribution in [3.63, 3.8) is 0 Å². The van der Waals surface area contributed by atoms with E-state index in [4.69, 9.17) is 5.73 Å². The lowest BCUT2D eigenvalue weighted by molar-refractivity contribution is -0.120. The van der Waals surface area contributed by atoms with E-state index >= 15 is 0 Å². The number of halogens is 3. The van der Waals surface area contributed by atoms with E-state index < -0.39 is 24.4 Å². The third-order valence-electron chi connectivity index (χ3n) is 5.26. The molecule has 1 aromatic carbocycles. The predicted molar refractivity (Wildman–Crippen MR) is 117 cm³/mol. The minimum atomic E-state index is -3.09. The molecule has 0 bridgehead atoms. The van der Waals surface area contributed by atoms with Crippen LogP contribution in [0, 0.1) is 5.82 Å². The van der Waals surface area contributed by atoms with E-state index in [1.165, 1.54) is 23.9 Å². The molecular formula is C21H20F3N5O3S. The summed E-state index contributed by atoms with van der Waals surface area (Å²) in [6.45, 7) is 0.329. The van der Waals surface area contributed by atoms with Gasteiger partial charge in [0.2, 0.25) is 5.91 Å². The van der Waals surface area contributed by atoms with Gasteiger partial charge in [0.1, 0.15) is 28.8 Å². The molecule has 1 aliphatic rings. The zero-order valence-corrected chi connectivity index (χ0v) is 18.5. The van der Waals surface area contributed by atoms with Gasteiger partial charge in [-0.2, -0.15) is 25.6 Å². The highest BCUT2D eigenvalue weighted by atomic mass is 32.2. The van der Waals surface area contributed by atoms with Crippen LogP contribution in [0.1, 0.15) is 30.2 Å². The number of nitrogens with zero attached hydrogens (tertiary/aromatic N) is 3. The van der Waals surface area contributed by atoms with Crippen molar-refractivity contribution in [3.05, 3.63) is 41.8 Å². The number of primary amides is 1. The average Bonchev–Trinajstić information content (AvgIpc) is 3.11. The van der Waals surface area contributed by atoms with Crippen LogP contribution in [-0.4, -0.2) is 50.2 Å². The molecular weight excluding hydrogens is 459 g/mol. The van der Waals surface area contributed by atoms with Crippen molar-refractivity contribution in [1.82, 2.24) is 20.1 Å². The Morgan fingerprint density at radius 3 is 2.64 bits per heavy atom. The van der Waals surface area contributed by atoms with Crippen molar-refractivity contribution in [2.45, 2.75) is 32.0 Å². The third-order valence-corrected chi connectivity index (χ3v) is 6.94. The molecule has 3 aromatic rings. The molecule has 0 saturated carbocycles. The molecule has 0 spiro atoms. The molecule has 8 nitrogen and oxygen atoms in total. The van der Waals surface area contributed by atoms with Gasteiger partial charge in [0.15, 0.2) is 0 Å². The number of aromatic nitrogens is 3. The maximum atomic E-state index is 14.7. The average molecular weight is 479 g/mol. The number of carbonyl (C=O) groups is 2. The topological polar surface area (TPSA) is 112 Å². The third kappa shape index (κ3) is 4.47. The Hall–Kier alpha value is -3.28. The second kappa shape index (κ2) is 8.58. The van der Waals surface area contributed by atoms with Gasteiger partial charge in [-0.15, -0.1) is 0 Å². The molecule has 1 unspecified atom stereocenters. The van der Waals surface area contributed by atoms with Crippen LogP contribution >= 0.6 is 11.8 Å². The number of ether oxygens (including phenoxy) is 1. The SMILES string of the molecule is CC(C(N)=O)n1nc(-c2cc(OC(F)F)ccc2F)c2ncc(C(=O)NC3(C)CSC3)cc21. The number of nitrogens with one attached hydrogen (secondary N) is 1. The molecule has 1 fully saturated rings.